The molecular formula is C31H38ClN3O3. The maximum absolute atomic E-state index is 13.7. The molecule has 0 bridgehead atoms. The Bertz CT molecular complexity index is 1500. The number of nitrogens with one attached hydrogen (secondary N) is 1. The molecule has 4 aromatic rings. The third-order valence-corrected chi connectivity index (χ3v) is 6.94. The Morgan fingerprint density at radius 1 is 0.816 bits per heavy atom. The number of hydrogen-bond donors (Lipinski definition) is 3. The van der Waals surface area contributed by atoms with Crippen molar-refractivity contribution in [2.75, 3.05) is 0 Å². The van der Waals surface area contributed by atoms with Gasteiger partial charge in [-0.15, -0.1) is 12.4 Å². The molecule has 6 nitrogen and oxygen atoms in total. The second-order valence-corrected chi connectivity index (χ2v) is 11.8. The van der Waals surface area contributed by atoms with Crippen LogP contribution in [0.3, 0.4) is 0 Å². The highest BCUT2D eigenvalue weighted by Crippen LogP contribution is 2.40. The van der Waals surface area contributed by atoms with Gasteiger partial charge in [0.05, 0.1) is 30.7 Å². The number of halogens is 1. The van der Waals surface area contributed by atoms with E-state index in [2.05, 4.69) is 0 Å². The largest absolute Gasteiger partial charge is 0.507 e. The molecule has 0 radical (unpaired) electrons. The third kappa shape index (κ3) is 5.57. The summed E-state index contributed by atoms with van der Waals surface area (Å²) < 4.78 is 3.61. The number of aliphatic hydroxyl groups is 1. The number of carbonyl (C=O) groups is 1. The number of imidazole rings is 1. The molecule has 0 aliphatic rings. The van der Waals surface area contributed by atoms with Crippen molar-refractivity contribution in [3.8, 4) is 5.75 Å². The van der Waals surface area contributed by atoms with Crippen LogP contribution in [-0.2, 0) is 30.5 Å². The highest BCUT2D eigenvalue weighted by molar-refractivity contribution is 5.97. The highest BCUT2D eigenvalue weighted by atomic mass is 35.5. The van der Waals surface area contributed by atoms with Crippen LogP contribution < -0.4 is 5.62 Å². The Morgan fingerprint density at radius 3 is 1.79 bits per heavy atom. The van der Waals surface area contributed by atoms with Crippen molar-refractivity contribution in [3.63, 3.8) is 0 Å². The summed E-state index contributed by atoms with van der Waals surface area (Å²) in [6, 6.07) is 18.9. The Hall–Kier alpha value is -3.35. The number of phenols is 1. The molecule has 0 aliphatic heterocycles. The number of ketones is 1. The molecule has 4 rings (SSSR count). The topological polar surface area (TPSA) is 91.2 Å². The van der Waals surface area contributed by atoms with Crippen molar-refractivity contribution in [1.29, 1.82) is 5.41 Å². The van der Waals surface area contributed by atoms with Gasteiger partial charge >= 0.3 is 0 Å². The molecule has 1 heterocycles. The van der Waals surface area contributed by atoms with Crippen LogP contribution in [0, 0.1) is 5.41 Å². The van der Waals surface area contributed by atoms with Crippen LogP contribution in [0.2, 0.25) is 0 Å². The van der Waals surface area contributed by atoms with Crippen LogP contribution in [0.1, 0.15) is 74.2 Å². The lowest BCUT2D eigenvalue weighted by Gasteiger charge is -2.28. The zero-order chi connectivity index (χ0) is 27.1. The highest BCUT2D eigenvalue weighted by Gasteiger charge is 2.28. The molecule has 0 atom stereocenters. The molecule has 0 aliphatic carbocycles. The maximum Gasteiger partial charge on any atom is 0.203 e. The van der Waals surface area contributed by atoms with Gasteiger partial charge in [0.1, 0.15) is 5.75 Å². The van der Waals surface area contributed by atoms with E-state index in [0.29, 0.717) is 12.1 Å². The molecule has 1 aromatic heterocycles. The van der Waals surface area contributed by atoms with Crippen molar-refractivity contribution in [1.82, 2.24) is 9.13 Å². The van der Waals surface area contributed by atoms with E-state index in [4.69, 9.17) is 5.41 Å². The van der Waals surface area contributed by atoms with Crippen LogP contribution in [0.4, 0.5) is 0 Å². The summed E-state index contributed by atoms with van der Waals surface area (Å²) >= 11 is 0. The van der Waals surface area contributed by atoms with Gasteiger partial charge in [-0.1, -0.05) is 77.9 Å². The second kappa shape index (κ2) is 10.8. The summed E-state index contributed by atoms with van der Waals surface area (Å²) in [5.74, 6) is 0.123. The van der Waals surface area contributed by atoms with Gasteiger partial charge in [0, 0.05) is 16.7 Å². The van der Waals surface area contributed by atoms with Crippen LogP contribution >= 0.6 is 12.4 Å². The number of nitrogens with zero attached hydrogens (tertiary/aromatic N) is 2. The molecule has 0 unspecified atom stereocenters. The van der Waals surface area contributed by atoms with E-state index < -0.39 is 0 Å². The van der Waals surface area contributed by atoms with Crippen molar-refractivity contribution >= 4 is 29.2 Å². The van der Waals surface area contributed by atoms with Gasteiger partial charge in [0.25, 0.3) is 0 Å². The monoisotopic (exact) mass is 535 g/mol. The van der Waals surface area contributed by atoms with E-state index in [0.717, 1.165) is 33.3 Å². The number of hydrogen-bond acceptors (Lipinski definition) is 4. The predicted molar refractivity (Wildman–Crippen MR) is 154 cm³/mol. The van der Waals surface area contributed by atoms with Gasteiger partial charge in [-0.3, -0.25) is 10.2 Å². The molecule has 0 spiro atoms. The number of aliphatic hydroxyl groups excluding tert-OH is 1. The van der Waals surface area contributed by atoms with Crippen LogP contribution in [0.5, 0.6) is 5.75 Å². The van der Waals surface area contributed by atoms with Gasteiger partial charge in [0.2, 0.25) is 5.62 Å². The summed E-state index contributed by atoms with van der Waals surface area (Å²) in [4.78, 5) is 13.7. The fourth-order valence-electron chi connectivity index (χ4n) is 4.82. The zero-order valence-electron chi connectivity index (χ0n) is 23.0. The van der Waals surface area contributed by atoms with E-state index in [1.54, 1.807) is 16.7 Å². The predicted octanol–water partition coefficient (Wildman–Crippen LogP) is 6.07. The van der Waals surface area contributed by atoms with Gasteiger partial charge in [-0.05, 0) is 46.2 Å². The number of phenolic OH excluding ortho intramolecular Hbond substituents is 1. The third-order valence-electron chi connectivity index (χ3n) is 6.94. The first-order valence-corrected chi connectivity index (χ1v) is 12.6. The minimum absolute atomic E-state index is 0. The van der Waals surface area contributed by atoms with E-state index in [9.17, 15) is 15.0 Å². The van der Waals surface area contributed by atoms with Crippen LogP contribution in [0.25, 0.3) is 11.0 Å². The lowest BCUT2D eigenvalue weighted by molar-refractivity contribution is 0.0971. The molecule has 0 saturated heterocycles. The van der Waals surface area contributed by atoms with Crippen molar-refractivity contribution in [3.05, 3.63) is 94.1 Å². The average Bonchev–Trinajstić information content (AvgIpc) is 3.09. The Kier molecular flexibility index (Phi) is 8.30. The van der Waals surface area contributed by atoms with Crippen LogP contribution in [-0.4, -0.2) is 25.1 Å². The van der Waals surface area contributed by atoms with E-state index >= 15 is 0 Å². The molecule has 202 valence electrons. The van der Waals surface area contributed by atoms with E-state index in [1.807, 2.05) is 94.6 Å². The SMILES string of the molecule is CC(C)(C)c1cc(C(=O)Cn2c(=N)n(Cc3ccccc3CO)c3ccccc32)cc(C(C)(C)C)c1O.Cl. The Balaban J connectivity index is 0.00000400. The number of carbonyl (C=O) groups excluding carboxylic acids is 1. The summed E-state index contributed by atoms with van der Waals surface area (Å²) in [7, 11) is 0. The first kappa shape index (κ1) is 29.2. The van der Waals surface area contributed by atoms with Crippen molar-refractivity contribution < 1.29 is 15.0 Å². The molecule has 3 aromatic carbocycles. The number of fused-ring (bicyclic) bond motifs is 1. The first-order chi connectivity index (χ1) is 17.3. The molecule has 0 fully saturated rings. The lowest BCUT2D eigenvalue weighted by Crippen LogP contribution is -2.28. The molecule has 3 N–H and O–H groups in total. The summed E-state index contributed by atoms with van der Waals surface area (Å²) in [5.41, 5.74) is 4.93. The number of aromatic hydroxyl groups is 1. The fourth-order valence-corrected chi connectivity index (χ4v) is 4.82. The number of aromatic nitrogens is 2. The normalized spacial score (nSPS) is 12.0. The van der Waals surface area contributed by atoms with Gasteiger partial charge < -0.3 is 19.3 Å². The zero-order valence-corrected chi connectivity index (χ0v) is 23.8. The van der Waals surface area contributed by atoms with Crippen molar-refractivity contribution in [2.45, 2.75) is 72.1 Å². The van der Waals surface area contributed by atoms with Gasteiger partial charge in [-0.2, -0.15) is 0 Å². The quantitative estimate of drug-likeness (QED) is 0.262. The summed E-state index contributed by atoms with van der Waals surface area (Å²) in [6.07, 6.45) is 0. The molecule has 38 heavy (non-hydrogen) atoms. The Morgan fingerprint density at radius 2 is 1.29 bits per heavy atom. The van der Waals surface area contributed by atoms with Crippen LogP contribution in [0.15, 0.2) is 60.7 Å². The number of rotatable bonds is 6. The van der Waals surface area contributed by atoms with E-state index in [-0.39, 0.29) is 53.5 Å². The van der Waals surface area contributed by atoms with Gasteiger partial charge in [-0.25, -0.2) is 0 Å². The average molecular weight is 536 g/mol. The first-order valence-electron chi connectivity index (χ1n) is 12.6. The van der Waals surface area contributed by atoms with E-state index in [1.165, 1.54) is 0 Å². The smallest absolute Gasteiger partial charge is 0.203 e. The number of benzene rings is 3. The Labute approximate surface area is 230 Å². The second-order valence-electron chi connectivity index (χ2n) is 11.8. The van der Waals surface area contributed by atoms with Crippen molar-refractivity contribution in [2.24, 2.45) is 0 Å². The number of para-hydroxylation sites is 2. The minimum Gasteiger partial charge on any atom is -0.507 e. The minimum atomic E-state index is -0.343. The number of Topliss-reactive ketones (excluding diaryl/α,β-unsaturated/α-hetero) is 1. The van der Waals surface area contributed by atoms with Gasteiger partial charge in [0.15, 0.2) is 5.78 Å². The summed E-state index contributed by atoms with van der Waals surface area (Å²) in [6.45, 7) is 12.5. The molecule has 0 saturated carbocycles. The fraction of sp³-hybridized carbons (Fsp3) is 0.355. The molecular weight excluding hydrogens is 498 g/mol. The molecule has 7 heteroatoms. The standard InChI is InChI=1S/C31H37N3O3.ClH/c1-30(2,3)23-15-22(16-24(28(23)37)31(4,5)6)27(36)18-34-26-14-10-9-13-25(26)33(29(34)32)17-20-11-7-8-12-21(20)19-35;/h7-16,32,35,37H,17-19H2,1-6H3;1H. The molecule has 0 amide bonds. The lowest BCUT2D eigenvalue weighted by atomic mass is 9.78. The maximum atomic E-state index is 13.7. The summed E-state index contributed by atoms with van der Waals surface area (Å²) in [5, 5.41) is 29.8.